The zero-order valence-electron chi connectivity index (χ0n) is 13.7. The van der Waals surface area contributed by atoms with Crippen molar-refractivity contribution in [2.45, 2.75) is 13.1 Å². The minimum atomic E-state index is -0.175. The summed E-state index contributed by atoms with van der Waals surface area (Å²) < 4.78 is 10.7. The zero-order valence-corrected chi connectivity index (χ0v) is 13.7. The lowest BCUT2D eigenvalue weighted by Crippen LogP contribution is -2.36. The summed E-state index contributed by atoms with van der Waals surface area (Å²) in [6, 6.07) is 13.2. The first-order valence-electron chi connectivity index (χ1n) is 7.61. The maximum atomic E-state index is 12.2. The van der Waals surface area contributed by atoms with Crippen LogP contribution in [0.15, 0.2) is 53.1 Å². The van der Waals surface area contributed by atoms with Gasteiger partial charge in [-0.2, -0.15) is 0 Å². The number of ether oxygens (including phenoxy) is 1. The number of pyridine rings is 1. The highest BCUT2D eigenvalue weighted by molar-refractivity contribution is 5.78. The van der Waals surface area contributed by atoms with Gasteiger partial charge in [-0.1, -0.05) is 24.3 Å². The van der Waals surface area contributed by atoms with E-state index in [4.69, 9.17) is 9.15 Å². The fourth-order valence-corrected chi connectivity index (χ4v) is 2.37. The fraction of sp³-hybridized carbons (Fsp3) is 0.222. The van der Waals surface area contributed by atoms with Gasteiger partial charge in [-0.05, 0) is 17.7 Å². The summed E-state index contributed by atoms with van der Waals surface area (Å²) in [6.45, 7) is 0.807. The lowest BCUT2D eigenvalue weighted by atomic mass is 10.2. The minimum absolute atomic E-state index is 0.175. The van der Waals surface area contributed by atoms with Crippen molar-refractivity contribution in [3.8, 4) is 5.88 Å². The van der Waals surface area contributed by atoms with Crippen LogP contribution < -0.4 is 10.1 Å². The Bertz CT molecular complexity index is 794. The van der Waals surface area contributed by atoms with Crippen molar-refractivity contribution >= 4 is 17.0 Å². The predicted molar refractivity (Wildman–Crippen MR) is 90.7 cm³/mol. The monoisotopic (exact) mass is 325 g/mol. The molecule has 0 saturated heterocycles. The average molecular weight is 325 g/mol. The van der Waals surface area contributed by atoms with E-state index in [2.05, 4.69) is 10.3 Å². The Labute approximate surface area is 140 Å². The summed E-state index contributed by atoms with van der Waals surface area (Å²) >= 11 is 0. The van der Waals surface area contributed by atoms with Gasteiger partial charge in [-0.15, -0.1) is 0 Å². The van der Waals surface area contributed by atoms with Crippen LogP contribution in [0.5, 0.6) is 5.88 Å². The molecule has 6 heteroatoms. The molecule has 0 aliphatic heterocycles. The third-order valence-corrected chi connectivity index (χ3v) is 3.67. The van der Waals surface area contributed by atoms with Gasteiger partial charge in [0.25, 0.3) is 0 Å². The molecule has 3 rings (SSSR count). The minimum Gasteiger partial charge on any atom is -0.481 e. The van der Waals surface area contributed by atoms with Crippen molar-refractivity contribution in [3.05, 3.63) is 60.0 Å². The second-order valence-corrected chi connectivity index (χ2v) is 5.47. The first-order valence-corrected chi connectivity index (χ1v) is 7.61. The van der Waals surface area contributed by atoms with E-state index in [0.29, 0.717) is 19.0 Å². The van der Waals surface area contributed by atoms with Gasteiger partial charge in [0.05, 0.1) is 13.7 Å². The van der Waals surface area contributed by atoms with Crippen molar-refractivity contribution < 1.29 is 13.9 Å². The van der Waals surface area contributed by atoms with Crippen molar-refractivity contribution in [2.75, 3.05) is 14.2 Å². The number of nitrogens with one attached hydrogen (secondary N) is 1. The molecular formula is C18H19N3O3. The highest BCUT2D eigenvalue weighted by Crippen LogP contribution is 2.19. The molecule has 0 fully saturated rings. The number of methoxy groups -OCH3 is 1. The van der Waals surface area contributed by atoms with E-state index in [1.165, 1.54) is 0 Å². The highest BCUT2D eigenvalue weighted by atomic mass is 16.5. The number of benzene rings is 1. The van der Waals surface area contributed by atoms with E-state index in [-0.39, 0.29) is 6.03 Å². The number of nitrogens with zero attached hydrogens (tertiary/aromatic N) is 2. The van der Waals surface area contributed by atoms with Crippen molar-refractivity contribution in [3.63, 3.8) is 0 Å². The first kappa shape index (κ1) is 15.9. The standard InChI is InChI=1S/C18H19N3O3/c1-21(12-15-9-14-5-3-4-6-16(14)24-15)18(22)20-11-13-7-8-17(23-2)19-10-13/h3-10H,11-12H2,1-2H3,(H,20,22). The number of para-hydroxylation sites is 1. The van der Waals surface area contributed by atoms with E-state index in [1.54, 1.807) is 31.3 Å². The van der Waals surface area contributed by atoms with Crippen LogP contribution in [-0.4, -0.2) is 30.1 Å². The van der Waals surface area contributed by atoms with Gasteiger partial charge in [0.15, 0.2) is 0 Å². The molecule has 0 saturated carbocycles. The Hall–Kier alpha value is -3.02. The van der Waals surface area contributed by atoms with Crippen LogP contribution in [0, 0.1) is 0 Å². The Morgan fingerprint density at radius 1 is 1.29 bits per heavy atom. The molecule has 24 heavy (non-hydrogen) atoms. The molecule has 1 N–H and O–H groups in total. The second-order valence-electron chi connectivity index (χ2n) is 5.47. The number of fused-ring (bicyclic) bond motifs is 1. The van der Waals surface area contributed by atoms with Crippen LogP contribution in [-0.2, 0) is 13.1 Å². The van der Waals surface area contributed by atoms with Gasteiger partial charge in [0, 0.05) is 31.2 Å². The zero-order chi connectivity index (χ0) is 16.9. The van der Waals surface area contributed by atoms with Crippen molar-refractivity contribution in [1.82, 2.24) is 15.2 Å². The van der Waals surface area contributed by atoms with Crippen LogP contribution >= 0.6 is 0 Å². The molecule has 0 aliphatic carbocycles. The molecule has 2 aromatic heterocycles. The first-order chi connectivity index (χ1) is 11.7. The number of hydrogen-bond donors (Lipinski definition) is 1. The molecule has 2 amide bonds. The lowest BCUT2D eigenvalue weighted by molar-refractivity contribution is 0.203. The molecule has 6 nitrogen and oxygen atoms in total. The van der Waals surface area contributed by atoms with E-state index >= 15 is 0 Å². The van der Waals surface area contributed by atoms with Gasteiger partial charge in [-0.3, -0.25) is 0 Å². The number of aromatic nitrogens is 1. The summed E-state index contributed by atoms with van der Waals surface area (Å²) in [7, 11) is 3.30. The number of rotatable bonds is 5. The Balaban J connectivity index is 1.55. The van der Waals surface area contributed by atoms with Crippen LogP contribution in [0.1, 0.15) is 11.3 Å². The van der Waals surface area contributed by atoms with E-state index in [9.17, 15) is 4.79 Å². The fourth-order valence-electron chi connectivity index (χ4n) is 2.37. The molecule has 0 aliphatic rings. The Morgan fingerprint density at radius 2 is 2.12 bits per heavy atom. The Kier molecular flexibility index (Phi) is 4.65. The molecule has 2 heterocycles. The smallest absolute Gasteiger partial charge is 0.317 e. The number of carbonyl (C=O) groups is 1. The number of furan rings is 1. The topological polar surface area (TPSA) is 67.6 Å². The molecule has 0 spiro atoms. The second kappa shape index (κ2) is 7.04. The maximum Gasteiger partial charge on any atom is 0.317 e. The summed E-state index contributed by atoms with van der Waals surface area (Å²) in [4.78, 5) is 17.9. The largest absolute Gasteiger partial charge is 0.481 e. The molecule has 1 aromatic carbocycles. The van der Waals surface area contributed by atoms with Crippen LogP contribution in [0.4, 0.5) is 4.79 Å². The SMILES string of the molecule is COc1ccc(CNC(=O)N(C)Cc2cc3ccccc3o2)cn1. The van der Waals surface area contributed by atoms with Crippen LogP contribution in [0.3, 0.4) is 0 Å². The van der Waals surface area contributed by atoms with Gasteiger partial charge in [-0.25, -0.2) is 9.78 Å². The van der Waals surface area contributed by atoms with Crippen molar-refractivity contribution in [2.24, 2.45) is 0 Å². The summed E-state index contributed by atoms with van der Waals surface area (Å²) in [6.07, 6.45) is 1.68. The third-order valence-electron chi connectivity index (χ3n) is 3.67. The number of urea groups is 1. The molecule has 3 aromatic rings. The number of carbonyl (C=O) groups excluding carboxylic acids is 1. The van der Waals surface area contributed by atoms with Gasteiger partial charge in [0.2, 0.25) is 5.88 Å². The molecule has 0 bridgehead atoms. The molecular weight excluding hydrogens is 306 g/mol. The van der Waals surface area contributed by atoms with Crippen LogP contribution in [0.25, 0.3) is 11.0 Å². The Morgan fingerprint density at radius 3 is 2.83 bits per heavy atom. The van der Waals surface area contributed by atoms with E-state index in [0.717, 1.165) is 22.3 Å². The van der Waals surface area contributed by atoms with Crippen molar-refractivity contribution in [1.29, 1.82) is 0 Å². The van der Waals surface area contributed by atoms with E-state index < -0.39 is 0 Å². The summed E-state index contributed by atoms with van der Waals surface area (Å²) in [5, 5.41) is 3.89. The van der Waals surface area contributed by atoms with Gasteiger partial charge >= 0.3 is 6.03 Å². The molecule has 0 unspecified atom stereocenters. The van der Waals surface area contributed by atoms with Gasteiger partial charge in [0.1, 0.15) is 11.3 Å². The third kappa shape index (κ3) is 3.65. The molecule has 0 atom stereocenters. The van der Waals surface area contributed by atoms with Gasteiger partial charge < -0.3 is 19.4 Å². The normalized spacial score (nSPS) is 10.6. The highest BCUT2D eigenvalue weighted by Gasteiger charge is 2.12. The lowest BCUT2D eigenvalue weighted by Gasteiger charge is -2.16. The average Bonchev–Trinajstić information content (AvgIpc) is 3.02. The molecule has 124 valence electrons. The maximum absolute atomic E-state index is 12.2. The number of amides is 2. The van der Waals surface area contributed by atoms with Crippen LogP contribution in [0.2, 0.25) is 0 Å². The quantitative estimate of drug-likeness (QED) is 0.782. The van der Waals surface area contributed by atoms with E-state index in [1.807, 2.05) is 36.4 Å². The number of hydrogen-bond acceptors (Lipinski definition) is 4. The predicted octanol–water partition coefficient (Wildman–Crippen LogP) is 3.18. The summed E-state index contributed by atoms with van der Waals surface area (Å²) in [5.41, 5.74) is 1.73. The summed E-state index contributed by atoms with van der Waals surface area (Å²) in [5.74, 6) is 1.30. The molecule has 0 radical (unpaired) electrons.